The van der Waals surface area contributed by atoms with Crippen LogP contribution in [-0.2, 0) is 19.6 Å². The number of anilines is 1. The first kappa shape index (κ1) is 24.8. The van der Waals surface area contributed by atoms with Gasteiger partial charge in [0.2, 0.25) is 15.9 Å². The van der Waals surface area contributed by atoms with E-state index in [9.17, 15) is 13.2 Å². The Labute approximate surface area is 199 Å². The second-order valence-electron chi connectivity index (χ2n) is 7.29. The maximum Gasteiger partial charge on any atom is 0.250 e. The lowest BCUT2D eigenvalue weighted by atomic mass is 10.2. The fraction of sp³-hybridized carbons (Fsp3) is 0.304. The van der Waals surface area contributed by atoms with Crippen LogP contribution in [0.5, 0.6) is 5.75 Å². The zero-order valence-corrected chi connectivity index (χ0v) is 19.9. The van der Waals surface area contributed by atoms with Gasteiger partial charge >= 0.3 is 0 Å². The second-order valence-corrected chi connectivity index (χ2v) is 9.47. The Morgan fingerprint density at radius 3 is 2.55 bits per heavy atom. The molecule has 3 rings (SSSR count). The number of carbonyl (C=O) groups excluding carboxylic acids is 1. The zero-order chi connectivity index (χ0) is 23.7. The molecule has 1 unspecified atom stereocenters. The van der Waals surface area contributed by atoms with Crippen molar-refractivity contribution in [3.8, 4) is 5.75 Å². The fourth-order valence-electron chi connectivity index (χ4n) is 3.14. The molecule has 0 aliphatic carbocycles. The molecule has 1 heterocycles. The molecule has 1 fully saturated rings. The predicted octanol–water partition coefficient (Wildman–Crippen LogP) is 3.07. The molecule has 2 aromatic rings. The summed E-state index contributed by atoms with van der Waals surface area (Å²) >= 11 is 5.16. The first-order valence-corrected chi connectivity index (χ1v) is 12.5. The van der Waals surface area contributed by atoms with E-state index in [1.165, 1.54) is 18.2 Å². The van der Waals surface area contributed by atoms with E-state index < -0.39 is 10.0 Å². The Morgan fingerprint density at radius 2 is 1.91 bits per heavy atom. The quantitative estimate of drug-likeness (QED) is 0.367. The van der Waals surface area contributed by atoms with E-state index in [0.717, 1.165) is 24.2 Å². The molecule has 1 atom stereocenters. The average molecular weight is 490 g/mol. The minimum atomic E-state index is -3.63. The van der Waals surface area contributed by atoms with Crippen LogP contribution in [0.15, 0.2) is 59.5 Å². The molecule has 0 saturated carbocycles. The molecule has 3 N–H and O–H groups in total. The lowest BCUT2D eigenvalue weighted by Gasteiger charge is -2.12. The second kappa shape index (κ2) is 11.9. The molecule has 1 saturated heterocycles. The van der Waals surface area contributed by atoms with Crippen LogP contribution in [0.25, 0.3) is 6.08 Å². The minimum absolute atomic E-state index is 0.0785. The average Bonchev–Trinajstić information content (AvgIpc) is 3.32. The first-order valence-electron chi connectivity index (χ1n) is 10.6. The van der Waals surface area contributed by atoms with Crippen LogP contribution in [0.1, 0.15) is 25.3 Å². The van der Waals surface area contributed by atoms with E-state index in [4.69, 9.17) is 21.7 Å². The molecule has 0 spiro atoms. The molecule has 176 valence electrons. The van der Waals surface area contributed by atoms with Crippen molar-refractivity contribution in [1.82, 2.24) is 10.0 Å². The molecular formula is C23H27N3O5S2. The Hall–Kier alpha value is -2.79. The smallest absolute Gasteiger partial charge is 0.250 e. The van der Waals surface area contributed by atoms with E-state index in [1.54, 1.807) is 18.2 Å². The first-order chi connectivity index (χ1) is 15.9. The number of amides is 1. The van der Waals surface area contributed by atoms with Crippen molar-refractivity contribution >= 4 is 45.0 Å². The van der Waals surface area contributed by atoms with E-state index in [0.29, 0.717) is 18.9 Å². The third kappa shape index (κ3) is 7.93. The van der Waals surface area contributed by atoms with Crippen molar-refractivity contribution in [2.45, 2.75) is 30.8 Å². The standard InChI is InChI=1S/C23H27N3O5S2/c1-2-30-19-10-5-17(6-11-19)7-14-22(27)26-23(32)25-18-8-12-21(13-9-18)33(28,29)24-16-20-4-3-15-31-20/h5-14,20,24H,2-4,15-16H2,1H3,(H2,25,26,27,32)/b14-7+. The number of nitrogens with one attached hydrogen (secondary N) is 3. The van der Waals surface area contributed by atoms with Gasteiger partial charge < -0.3 is 14.8 Å². The van der Waals surface area contributed by atoms with Gasteiger partial charge in [0.05, 0.1) is 17.6 Å². The van der Waals surface area contributed by atoms with E-state index in [-0.39, 0.29) is 28.6 Å². The SMILES string of the molecule is CCOc1ccc(/C=C/C(=O)NC(=S)Nc2ccc(S(=O)(=O)NCC3CCCO3)cc2)cc1. The summed E-state index contributed by atoms with van der Waals surface area (Å²) in [6.45, 7) is 3.42. The summed E-state index contributed by atoms with van der Waals surface area (Å²) in [6, 6.07) is 13.4. The number of hydrogen-bond acceptors (Lipinski definition) is 6. The van der Waals surface area contributed by atoms with E-state index >= 15 is 0 Å². The summed E-state index contributed by atoms with van der Waals surface area (Å²) < 4.78 is 38.2. The monoisotopic (exact) mass is 489 g/mol. The highest BCUT2D eigenvalue weighted by Gasteiger charge is 2.20. The number of rotatable bonds is 9. The van der Waals surface area contributed by atoms with Crippen molar-refractivity contribution in [2.75, 3.05) is 25.1 Å². The molecule has 0 radical (unpaired) electrons. The van der Waals surface area contributed by atoms with Gasteiger partial charge in [-0.15, -0.1) is 0 Å². The summed E-state index contributed by atoms with van der Waals surface area (Å²) in [5.41, 5.74) is 1.39. The van der Waals surface area contributed by atoms with Crippen molar-refractivity contribution in [3.63, 3.8) is 0 Å². The highest BCUT2D eigenvalue weighted by atomic mass is 32.2. The fourth-order valence-corrected chi connectivity index (χ4v) is 4.42. The van der Waals surface area contributed by atoms with Gasteiger partial charge in [-0.3, -0.25) is 10.1 Å². The Morgan fingerprint density at radius 1 is 1.18 bits per heavy atom. The van der Waals surface area contributed by atoms with Gasteiger partial charge in [0.1, 0.15) is 5.75 Å². The molecule has 1 aliphatic rings. The van der Waals surface area contributed by atoms with Gasteiger partial charge in [-0.2, -0.15) is 0 Å². The maximum atomic E-state index is 12.4. The van der Waals surface area contributed by atoms with Crippen LogP contribution in [0.3, 0.4) is 0 Å². The summed E-state index contributed by atoms with van der Waals surface area (Å²) in [5.74, 6) is 0.376. The van der Waals surface area contributed by atoms with Crippen LogP contribution in [0.2, 0.25) is 0 Å². The van der Waals surface area contributed by atoms with Crippen molar-refractivity contribution < 1.29 is 22.7 Å². The topological polar surface area (TPSA) is 106 Å². The summed E-state index contributed by atoms with van der Waals surface area (Å²) in [7, 11) is -3.63. The molecule has 33 heavy (non-hydrogen) atoms. The summed E-state index contributed by atoms with van der Waals surface area (Å²) in [6.07, 6.45) is 4.76. The zero-order valence-electron chi connectivity index (χ0n) is 18.2. The molecule has 10 heteroatoms. The van der Waals surface area contributed by atoms with Crippen LogP contribution >= 0.6 is 12.2 Å². The molecule has 8 nitrogen and oxygen atoms in total. The van der Waals surface area contributed by atoms with Gasteiger partial charge in [0.15, 0.2) is 5.11 Å². The number of benzene rings is 2. The Kier molecular flexibility index (Phi) is 8.95. The van der Waals surface area contributed by atoms with Crippen molar-refractivity contribution in [2.24, 2.45) is 0 Å². The molecule has 0 aromatic heterocycles. The van der Waals surface area contributed by atoms with Gasteiger partial charge in [-0.05, 0) is 80.0 Å². The van der Waals surface area contributed by atoms with Crippen LogP contribution in [0, 0.1) is 0 Å². The van der Waals surface area contributed by atoms with Crippen LogP contribution < -0.4 is 20.1 Å². The molecular weight excluding hydrogens is 462 g/mol. The van der Waals surface area contributed by atoms with Gasteiger partial charge in [-0.25, -0.2) is 13.1 Å². The molecule has 2 aromatic carbocycles. The highest BCUT2D eigenvalue weighted by molar-refractivity contribution is 7.89. The van der Waals surface area contributed by atoms with E-state index in [1.807, 2.05) is 31.2 Å². The molecule has 1 amide bonds. The number of ether oxygens (including phenoxy) is 2. The van der Waals surface area contributed by atoms with Crippen LogP contribution in [0.4, 0.5) is 5.69 Å². The number of carbonyl (C=O) groups is 1. The maximum absolute atomic E-state index is 12.4. The van der Waals surface area contributed by atoms with Gasteiger partial charge in [0, 0.05) is 24.9 Å². The number of sulfonamides is 1. The number of thiocarbonyl (C=S) groups is 1. The van der Waals surface area contributed by atoms with Crippen molar-refractivity contribution in [1.29, 1.82) is 0 Å². The third-order valence-electron chi connectivity index (χ3n) is 4.80. The Bertz CT molecular complexity index is 1080. The largest absolute Gasteiger partial charge is 0.494 e. The molecule has 1 aliphatic heterocycles. The van der Waals surface area contributed by atoms with Crippen LogP contribution in [-0.4, -0.2) is 45.3 Å². The lowest BCUT2D eigenvalue weighted by Crippen LogP contribution is -2.33. The third-order valence-corrected chi connectivity index (χ3v) is 6.45. The summed E-state index contributed by atoms with van der Waals surface area (Å²) in [4.78, 5) is 12.2. The van der Waals surface area contributed by atoms with Crippen molar-refractivity contribution in [3.05, 3.63) is 60.2 Å². The van der Waals surface area contributed by atoms with Gasteiger partial charge in [0.25, 0.3) is 0 Å². The van der Waals surface area contributed by atoms with E-state index in [2.05, 4.69) is 15.4 Å². The highest BCUT2D eigenvalue weighted by Crippen LogP contribution is 2.16. The lowest BCUT2D eigenvalue weighted by molar-refractivity contribution is -0.115. The summed E-state index contributed by atoms with van der Waals surface area (Å²) in [5, 5.41) is 5.51. The predicted molar refractivity (Wildman–Crippen MR) is 132 cm³/mol. The number of hydrogen-bond donors (Lipinski definition) is 3. The Balaban J connectivity index is 1.47. The normalized spacial score (nSPS) is 16.0. The minimum Gasteiger partial charge on any atom is -0.494 e. The van der Waals surface area contributed by atoms with Gasteiger partial charge in [-0.1, -0.05) is 12.1 Å². The molecule has 0 bridgehead atoms.